The summed E-state index contributed by atoms with van der Waals surface area (Å²) in [5.41, 5.74) is 2.88. The highest BCUT2D eigenvalue weighted by Gasteiger charge is 2.53. The molecule has 9 nitrogen and oxygen atoms in total. The van der Waals surface area contributed by atoms with Crippen molar-refractivity contribution in [1.82, 2.24) is 0 Å². The van der Waals surface area contributed by atoms with Crippen LogP contribution in [0.5, 0.6) is 0 Å². The van der Waals surface area contributed by atoms with Crippen LogP contribution in [0.1, 0.15) is 37.5 Å². The van der Waals surface area contributed by atoms with Crippen molar-refractivity contribution in [2.24, 2.45) is 0 Å². The number of rotatable bonds is 17. The van der Waals surface area contributed by atoms with Gasteiger partial charge in [0.15, 0.2) is 12.6 Å². The molecular formula is C47H54O9Si. The predicted octanol–water partition coefficient (Wildman–Crippen LogP) is 6.14. The minimum atomic E-state index is -2.95. The van der Waals surface area contributed by atoms with Gasteiger partial charge >= 0.3 is 0 Å². The number of benzene rings is 5. The first-order valence-corrected chi connectivity index (χ1v) is 21.6. The summed E-state index contributed by atoms with van der Waals surface area (Å²) >= 11 is 0. The van der Waals surface area contributed by atoms with Gasteiger partial charge in [-0.3, -0.25) is 0 Å². The molecular weight excluding hydrogens is 737 g/mol. The van der Waals surface area contributed by atoms with E-state index in [-0.39, 0.29) is 38.1 Å². The fourth-order valence-corrected chi connectivity index (χ4v) is 12.4. The fraction of sp³-hybridized carbons (Fsp3) is 0.362. The zero-order valence-corrected chi connectivity index (χ0v) is 33.8. The first-order chi connectivity index (χ1) is 27.7. The summed E-state index contributed by atoms with van der Waals surface area (Å²) < 4.78 is 45.4. The Balaban J connectivity index is 1.11. The van der Waals surface area contributed by atoms with Crippen LogP contribution >= 0.6 is 0 Å². The van der Waals surface area contributed by atoms with Gasteiger partial charge in [0.2, 0.25) is 0 Å². The van der Waals surface area contributed by atoms with Crippen LogP contribution in [0.2, 0.25) is 5.04 Å². The predicted molar refractivity (Wildman–Crippen MR) is 220 cm³/mol. The Labute approximate surface area is 337 Å². The molecule has 2 saturated heterocycles. The number of aliphatic hydroxyl groups excluding tert-OH is 2. The molecule has 5 aromatic rings. The van der Waals surface area contributed by atoms with Gasteiger partial charge in [0.1, 0.15) is 36.6 Å². The molecule has 7 rings (SSSR count). The second-order valence-corrected chi connectivity index (χ2v) is 20.0. The van der Waals surface area contributed by atoms with E-state index in [2.05, 4.69) is 45.0 Å². The molecule has 0 aliphatic carbocycles. The van der Waals surface area contributed by atoms with Crippen molar-refractivity contribution < 1.29 is 43.1 Å². The number of ether oxygens (including phenoxy) is 6. The van der Waals surface area contributed by atoms with Crippen molar-refractivity contribution in [3.8, 4) is 0 Å². The van der Waals surface area contributed by atoms with Crippen molar-refractivity contribution in [3.63, 3.8) is 0 Å². The van der Waals surface area contributed by atoms with E-state index in [1.165, 1.54) is 0 Å². The van der Waals surface area contributed by atoms with Crippen LogP contribution in [0.15, 0.2) is 152 Å². The number of hydrogen-bond acceptors (Lipinski definition) is 9. The van der Waals surface area contributed by atoms with Crippen LogP contribution in [0.25, 0.3) is 0 Å². The zero-order chi connectivity index (χ0) is 39.7. The second-order valence-electron chi connectivity index (χ2n) is 15.7. The van der Waals surface area contributed by atoms with E-state index in [0.29, 0.717) is 0 Å². The minimum absolute atomic E-state index is 0.0212. The Morgan fingerprint density at radius 1 is 0.491 bits per heavy atom. The van der Waals surface area contributed by atoms with Gasteiger partial charge in [-0.05, 0) is 32.1 Å². The van der Waals surface area contributed by atoms with Gasteiger partial charge in [-0.2, -0.15) is 0 Å². The normalized spacial score (nSPS) is 25.1. The maximum absolute atomic E-state index is 11.9. The molecule has 0 unspecified atom stereocenters. The Kier molecular flexibility index (Phi) is 13.8. The van der Waals surface area contributed by atoms with Crippen LogP contribution in [0, 0.1) is 0 Å². The molecule has 0 aromatic heterocycles. The topological polar surface area (TPSA) is 105 Å². The van der Waals surface area contributed by atoms with Crippen molar-refractivity contribution in [3.05, 3.63) is 168 Å². The van der Waals surface area contributed by atoms with E-state index in [0.717, 1.165) is 27.1 Å². The summed E-state index contributed by atoms with van der Waals surface area (Å²) in [4.78, 5) is 0. The molecule has 2 N–H and O–H groups in total. The summed E-state index contributed by atoms with van der Waals surface area (Å²) in [5, 5.41) is 25.1. The lowest BCUT2D eigenvalue weighted by atomic mass is 10.1. The second kappa shape index (κ2) is 19.1. The molecule has 2 aliphatic heterocycles. The number of aliphatic hydroxyl groups is 2. The Morgan fingerprint density at radius 2 is 0.912 bits per heavy atom. The smallest absolute Gasteiger partial charge is 0.261 e. The van der Waals surface area contributed by atoms with Crippen LogP contribution < -0.4 is 10.4 Å². The van der Waals surface area contributed by atoms with E-state index >= 15 is 0 Å². The highest BCUT2D eigenvalue weighted by atomic mass is 28.4. The number of hydrogen-bond donors (Lipinski definition) is 2. The average Bonchev–Trinajstić information content (AvgIpc) is 3.71. The zero-order valence-electron chi connectivity index (χ0n) is 32.8. The summed E-state index contributed by atoms with van der Waals surface area (Å²) in [5.74, 6) is 0. The highest BCUT2D eigenvalue weighted by Crippen LogP contribution is 2.38. The molecule has 0 saturated carbocycles. The lowest BCUT2D eigenvalue weighted by molar-refractivity contribution is -0.208. The molecule has 0 amide bonds. The first-order valence-electron chi connectivity index (χ1n) is 19.7. The third-order valence-corrected chi connectivity index (χ3v) is 15.7. The molecule has 10 heteroatoms. The highest BCUT2D eigenvalue weighted by molar-refractivity contribution is 6.99. The monoisotopic (exact) mass is 790 g/mol. The molecule has 0 radical (unpaired) electrons. The van der Waals surface area contributed by atoms with Crippen LogP contribution in [0.3, 0.4) is 0 Å². The SMILES string of the molecule is CC(C)(C)[Si](OC[C@H]1O[C@H](OC[C@H]2O[C@H](O)[C@@H](OCc3ccccc3)[C@@H]2OCc2ccccc2)[C@@H](OCc2ccccc2)[C@@H]1O)(c1ccccc1)c1ccccc1. The van der Waals surface area contributed by atoms with Crippen molar-refractivity contribution >= 4 is 18.7 Å². The van der Waals surface area contributed by atoms with Crippen LogP contribution in [-0.4, -0.2) is 80.9 Å². The minimum Gasteiger partial charge on any atom is -0.405 e. The standard InChI is InChI=1S/C47H54O9Si/c1-47(2,3)57(37-25-15-7-16-26-37,38-27-17-8-18-28-38)54-33-39-41(48)43(51-30-35-21-11-5-12-22-35)46(56-39)53-32-40-42(50-29-34-19-9-4-10-20-34)44(45(49)55-40)52-31-36-23-13-6-14-24-36/h4-28,39-46,48-49H,29-33H2,1-3H3/t39-,40-,41-,42-,43+,44+,45+,46+/m1/s1. The Morgan fingerprint density at radius 3 is 1.37 bits per heavy atom. The van der Waals surface area contributed by atoms with Crippen LogP contribution in [-0.2, 0) is 52.7 Å². The van der Waals surface area contributed by atoms with Gasteiger partial charge in [-0.25, -0.2) is 0 Å². The third kappa shape index (κ3) is 9.81. The molecule has 57 heavy (non-hydrogen) atoms. The average molecular weight is 791 g/mol. The van der Waals surface area contributed by atoms with Crippen molar-refractivity contribution in [2.75, 3.05) is 13.2 Å². The van der Waals surface area contributed by atoms with E-state index in [1.54, 1.807) is 0 Å². The Bertz CT molecular complexity index is 1880. The quantitative estimate of drug-likeness (QED) is 0.108. The third-order valence-electron chi connectivity index (χ3n) is 10.7. The molecule has 5 aromatic carbocycles. The van der Waals surface area contributed by atoms with E-state index in [4.69, 9.17) is 32.8 Å². The molecule has 0 bridgehead atoms. The molecule has 0 spiro atoms. The summed E-state index contributed by atoms with van der Waals surface area (Å²) in [7, 11) is -2.95. The fourth-order valence-electron chi connectivity index (χ4n) is 7.83. The lowest BCUT2D eigenvalue weighted by Gasteiger charge is -2.43. The van der Waals surface area contributed by atoms with E-state index in [9.17, 15) is 10.2 Å². The lowest BCUT2D eigenvalue weighted by Crippen LogP contribution is -2.67. The van der Waals surface area contributed by atoms with E-state index in [1.807, 2.05) is 127 Å². The van der Waals surface area contributed by atoms with Gasteiger partial charge in [0.25, 0.3) is 8.32 Å². The van der Waals surface area contributed by atoms with Crippen molar-refractivity contribution in [2.45, 2.75) is 94.8 Å². The maximum Gasteiger partial charge on any atom is 0.261 e. The first kappa shape index (κ1) is 41.1. The molecule has 8 atom stereocenters. The van der Waals surface area contributed by atoms with Gasteiger partial charge in [0, 0.05) is 0 Å². The van der Waals surface area contributed by atoms with Crippen LogP contribution in [0.4, 0.5) is 0 Å². The van der Waals surface area contributed by atoms with Gasteiger partial charge < -0.3 is 43.1 Å². The van der Waals surface area contributed by atoms with E-state index < -0.39 is 57.5 Å². The summed E-state index contributed by atoms with van der Waals surface area (Å²) in [6, 6.07) is 50.1. The molecule has 300 valence electrons. The summed E-state index contributed by atoms with van der Waals surface area (Å²) in [6.07, 6.45) is -7.08. The van der Waals surface area contributed by atoms with Gasteiger partial charge in [-0.1, -0.05) is 172 Å². The summed E-state index contributed by atoms with van der Waals surface area (Å²) in [6.45, 7) is 7.52. The molecule has 2 aliphatic rings. The van der Waals surface area contributed by atoms with Crippen molar-refractivity contribution in [1.29, 1.82) is 0 Å². The maximum atomic E-state index is 11.9. The molecule has 2 heterocycles. The Hall–Kier alpha value is -4.04. The largest absolute Gasteiger partial charge is 0.405 e. The molecule has 2 fully saturated rings. The van der Waals surface area contributed by atoms with Gasteiger partial charge in [0.05, 0.1) is 33.0 Å². The van der Waals surface area contributed by atoms with Gasteiger partial charge in [-0.15, -0.1) is 0 Å².